The van der Waals surface area contributed by atoms with Gasteiger partial charge in [-0.25, -0.2) is 0 Å². The van der Waals surface area contributed by atoms with Crippen molar-refractivity contribution in [3.8, 4) is 0 Å². The molecule has 1 rings (SSSR count). The lowest BCUT2D eigenvalue weighted by molar-refractivity contribution is -0.00710. The molecule has 16 heavy (non-hydrogen) atoms. The van der Waals surface area contributed by atoms with E-state index in [1.54, 1.807) is 7.11 Å². The molecule has 0 aromatic carbocycles. The van der Waals surface area contributed by atoms with Crippen LogP contribution in [0.2, 0.25) is 0 Å². The molecule has 94 valence electrons. The maximum atomic E-state index is 6.09. The predicted molar refractivity (Wildman–Crippen MR) is 69.0 cm³/mol. The Hall–Kier alpha value is -0.500. The second kappa shape index (κ2) is 4.40. The van der Waals surface area contributed by atoms with Crippen LogP contribution < -0.4 is 5.73 Å². The summed E-state index contributed by atoms with van der Waals surface area (Å²) in [5, 5.41) is 0. The van der Waals surface area contributed by atoms with Crippen LogP contribution in [0.25, 0.3) is 0 Å². The van der Waals surface area contributed by atoms with Gasteiger partial charge in [0, 0.05) is 18.7 Å². The number of methoxy groups -OCH3 is 1. The van der Waals surface area contributed by atoms with E-state index in [2.05, 4.69) is 27.7 Å². The molecular weight excluding hydrogens is 198 g/mol. The third kappa shape index (κ3) is 2.27. The zero-order chi connectivity index (χ0) is 12.6. The van der Waals surface area contributed by atoms with Gasteiger partial charge in [0.05, 0.1) is 6.10 Å². The topological polar surface area (TPSA) is 35.2 Å². The molecule has 0 radical (unpaired) electrons. The second-order valence-electron chi connectivity index (χ2n) is 6.40. The summed E-state index contributed by atoms with van der Waals surface area (Å²) in [5.74, 6) is 0.487. The molecule has 0 amide bonds. The van der Waals surface area contributed by atoms with Gasteiger partial charge in [0.1, 0.15) is 0 Å². The zero-order valence-corrected chi connectivity index (χ0v) is 11.6. The molecule has 1 fully saturated rings. The zero-order valence-electron chi connectivity index (χ0n) is 11.6. The standard InChI is InChI=1S/C14H27NO/c1-7-10(15)11(16-6)12-13(2,3)8-9-14(12,4)5/h7,11-12H,8-9,15H2,1-6H3. The smallest absolute Gasteiger partial charge is 0.0998 e. The molecule has 0 aromatic heterocycles. The summed E-state index contributed by atoms with van der Waals surface area (Å²) in [6.07, 6.45) is 4.53. The third-order valence-corrected chi connectivity index (χ3v) is 4.32. The van der Waals surface area contributed by atoms with Crippen LogP contribution in [-0.4, -0.2) is 13.2 Å². The van der Waals surface area contributed by atoms with Crippen molar-refractivity contribution in [1.82, 2.24) is 0 Å². The minimum atomic E-state index is 0.0532. The van der Waals surface area contributed by atoms with Crippen LogP contribution >= 0.6 is 0 Å². The lowest BCUT2D eigenvalue weighted by Gasteiger charge is -2.40. The molecule has 1 atom stereocenters. The first-order valence-electron chi connectivity index (χ1n) is 6.21. The molecule has 0 aliphatic heterocycles. The highest BCUT2D eigenvalue weighted by Gasteiger charge is 2.51. The summed E-state index contributed by atoms with van der Waals surface area (Å²) in [5.41, 5.74) is 7.56. The number of rotatable bonds is 3. The monoisotopic (exact) mass is 225 g/mol. The Morgan fingerprint density at radius 2 is 1.69 bits per heavy atom. The Labute approximate surface area is 100 Å². The number of hydrogen-bond acceptors (Lipinski definition) is 2. The molecule has 1 aliphatic rings. The Morgan fingerprint density at radius 3 is 2.00 bits per heavy atom. The van der Waals surface area contributed by atoms with Gasteiger partial charge in [-0.3, -0.25) is 0 Å². The van der Waals surface area contributed by atoms with Gasteiger partial charge in [0.25, 0.3) is 0 Å². The first kappa shape index (κ1) is 13.6. The van der Waals surface area contributed by atoms with Crippen LogP contribution in [0, 0.1) is 16.7 Å². The molecule has 1 aliphatic carbocycles. The van der Waals surface area contributed by atoms with Crippen LogP contribution in [0.4, 0.5) is 0 Å². The molecule has 0 aromatic rings. The summed E-state index contributed by atoms with van der Waals surface area (Å²) in [6, 6.07) is 0. The fourth-order valence-electron chi connectivity index (χ4n) is 3.46. The van der Waals surface area contributed by atoms with Gasteiger partial charge in [0.2, 0.25) is 0 Å². The first-order valence-corrected chi connectivity index (χ1v) is 6.21. The fraction of sp³-hybridized carbons (Fsp3) is 0.857. The van der Waals surface area contributed by atoms with E-state index in [1.165, 1.54) is 12.8 Å². The average molecular weight is 225 g/mol. The van der Waals surface area contributed by atoms with Crippen LogP contribution in [0.5, 0.6) is 0 Å². The van der Waals surface area contributed by atoms with Gasteiger partial charge in [-0.05, 0) is 30.6 Å². The molecule has 0 spiro atoms. The van der Waals surface area contributed by atoms with Gasteiger partial charge in [-0.2, -0.15) is 0 Å². The summed E-state index contributed by atoms with van der Waals surface area (Å²) in [6.45, 7) is 11.3. The molecule has 1 saturated carbocycles. The number of hydrogen-bond donors (Lipinski definition) is 1. The lowest BCUT2D eigenvalue weighted by atomic mass is 9.68. The van der Waals surface area contributed by atoms with Crippen LogP contribution in [-0.2, 0) is 4.74 Å². The Balaban J connectivity index is 3.07. The number of nitrogens with two attached hydrogens (primary N) is 1. The number of ether oxygens (including phenoxy) is 1. The lowest BCUT2D eigenvalue weighted by Crippen LogP contribution is -2.41. The third-order valence-electron chi connectivity index (χ3n) is 4.32. The highest BCUT2D eigenvalue weighted by molar-refractivity contribution is 5.12. The molecule has 0 heterocycles. The maximum Gasteiger partial charge on any atom is 0.0998 e. The maximum absolute atomic E-state index is 6.09. The second-order valence-corrected chi connectivity index (χ2v) is 6.40. The van der Waals surface area contributed by atoms with Crippen molar-refractivity contribution >= 4 is 0 Å². The van der Waals surface area contributed by atoms with E-state index in [1.807, 2.05) is 13.0 Å². The van der Waals surface area contributed by atoms with Crippen LogP contribution in [0.3, 0.4) is 0 Å². The fourth-order valence-corrected chi connectivity index (χ4v) is 3.46. The van der Waals surface area contributed by atoms with E-state index in [9.17, 15) is 0 Å². The Morgan fingerprint density at radius 1 is 1.25 bits per heavy atom. The molecule has 0 saturated heterocycles. The Bertz CT molecular complexity index is 262. The van der Waals surface area contributed by atoms with E-state index in [-0.39, 0.29) is 6.10 Å². The highest BCUT2D eigenvalue weighted by Crippen LogP contribution is 2.56. The van der Waals surface area contributed by atoms with Crippen molar-refractivity contribution in [3.63, 3.8) is 0 Å². The van der Waals surface area contributed by atoms with E-state index < -0.39 is 0 Å². The van der Waals surface area contributed by atoms with Crippen molar-refractivity contribution in [2.24, 2.45) is 22.5 Å². The van der Waals surface area contributed by atoms with Crippen molar-refractivity contribution < 1.29 is 4.74 Å². The van der Waals surface area contributed by atoms with Crippen molar-refractivity contribution in [2.45, 2.75) is 53.6 Å². The van der Waals surface area contributed by atoms with E-state index >= 15 is 0 Å². The van der Waals surface area contributed by atoms with E-state index in [0.29, 0.717) is 16.7 Å². The summed E-state index contributed by atoms with van der Waals surface area (Å²) in [7, 11) is 1.77. The van der Waals surface area contributed by atoms with Gasteiger partial charge >= 0.3 is 0 Å². The molecule has 2 nitrogen and oxygen atoms in total. The molecule has 2 N–H and O–H groups in total. The minimum Gasteiger partial charge on any atom is -0.400 e. The highest BCUT2D eigenvalue weighted by atomic mass is 16.5. The molecule has 1 unspecified atom stereocenters. The number of allylic oxidation sites excluding steroid dienone is 1. The first-order chi connectivity index (χ1) is 7.26. The normalized spacial score (nSPS) is 27.0. The van der Waals surface area contributed by atoms with Crippen molar-refractivity contribution in [3.05, 3.63) is 11.8 Å². The molecular formula is C14H27NO. The predicted octanol–water partition coefficient (Wildman–Crippen LogP) is 3.33. The average Bonchev–Trinajstić information content (AvgIpc) is 2.41. The molecule has 2 heteroatoms. The Kier molecular flexibility index (Phi) is 3.73. The molecule has 0 bridgehead atoms. The SMILES string of the molecule is CC=C(N)C(OC)C1C(C)(C)CCC1(C)C. The van der Waals surface area contributed by atoms with Gasteiger partial charge in [-0.15, -0.1) is 0 Å². The quantitative estimate of drug-likeness (QED) is 0.799. The van der Waals surface area contributed by atoms with Gasteiger partial charge in [0.15, 0.2) is 0 Å². The van der Waals surface area contributed by atoms with Crippen LogP contribution in [0.15, 0.2) is 11.8 Å². The summed E-state index contributed by atoms with van der Waals surface area (Å²) >= 11 is 0. The largest absolute Gasteiger partial charge is 0.400 e. The van der Waals surface area contributed by atoms with E-state index in [0.717, 1.165) is 5.70 Å². The van der Waals surface area contributed by atoms with E-state index in [4.69, 9.17) is 10.5 Å². The minimum absolute atomic E-state index is 0.0532. The summed E-state index contributed by atoms with van der Waals surface area (Å²) in [4.78, 5) is 0. The summed E-state index contributed by atoms with van der Waals surface area (Å²) < 4.78 is 5.66. The van der Waals surface area contributed by atoms with Crippen molar-refractivity contribution in [2.75, 3.05) is 7.11 Å². The van der Waals surface area contributed by atoms with Gasteiger partial charge in [-0.1, -0.05) is 33.8 Å². The van der Waals surface area contributed by atoms with Crippen LogP contribution in [0.1, 0.15) is 47.5 Å². The van der Waals surface area contributed by atoms with Gasteiger partial charge < -0.3 is 10.5 Å². The van der Waals surface area contributed by atoms with Crippen molar-refractivity contribution in [1.29, 1.82) is 0 Å².